The number of carbonyl (C=O) groups excluding carboxylic acids is 2. The lowest BCUT2D eigenvalue weighted by Gasteiger charge is -2.33. The summed E-state index contributed by atoms with van der Waals surface area (Å²) in [6, 6.07) is 7.65. The van der Waals surface area contributed by atoms with Crippen molar-refractivity contribution in [2.75, 3.05) is 5.32 Å². The number of benzene rings is 1. The van der Waals surface area contributed by atoms with Crippen molar-refractivity contribution < 1.29 is 9.59 Å². The fourth-order valence-electron chi connectivity index (χ4n) is 3.99. The van der Waals surface area contributed by atoms with E-state index in [-0.39, 0.29) is 11.3 Å². The first-order valence-electron chi connectivity index (χ1n) is 9.59. The Bertz CT molecular complexity index is 1120. The number of primary amides is 1. The smallest absolute Gasteiger partial charge is 0.267 e. The first-order chi connectivity index (χ1) is 13.7. The SMILES string of the molecule is CC(C)(C)[C@H]1CCc2c(sc(NC(=O)c3sc4ccccc4c3Cl)c2C(N)=O)C1. The summed E-state index contributed by atoms with van der Waals surface area (Å²) < 4.78 is 0.955. The molecule has 0 saturated carbocycles. The van der Waals surface area contributed by atoms with Crippen molar-refractivity contribution in [3.63, 3.8) is 0 Å². The van der Waals surface area contributed by atoms with E-state index in [1.54, 1.807) is 0 Å². The predicted octanol–water partition coefficient (Wildman–Crippen LogP) is 6.12. The average Bonchev–Trinajstić information content (AvgIpc) is 3.18. The number of amides is 2. The van der Waals surface area contributed by atoms with Gasteiger partial charge < -0.3 is 11.1 Å². The van der Waals surface area contributed by atoms with E-state index >= 15 is 0 Å². The van der Waals surface area contributed by atoms with Crippen molar-refractivity contribution in [1.29, 1.82) is 0 Å². The molecule has 1 atom stereocenters. The van der Waals surface area contributed by atoms with Crippen LogP contribution in [-0.2, 0) is 12.8 Å². The maximum Gasteiger partial charge on any atom is 0.267 e. The van der Waals surface area contributed by atoms with Gasteiger partial charge in [0.25, 0.3) is 11.8 Å². The highest BCUT2D eigenvalue weighted by Crippen LogP contribution is 2.44. The van der Waals surface area contributed by atoms with E-state index in [1.807, 2.05) is 24.3 Å². The molecule has 1 aromatic carbocycles. The third-order valence-corrected chi connectivity index (χ3v) is 8.55. The van der Waals surface area contributed by atoms with Gasteiger partial charge in [-0.15, -0.1) is 22.7 Å². The molecule has 2 heterocycles. The molecule has 7 heteroatoms. The minimum absolute atomic E-state index is 0.197. The van der Waals surface area contributed by atoms with Crippen molar-refractivity contribution in [2.45, 2.75) is 40.0 Å². The van der Waals surface area contributed by atoms with Crippen LogP contribution in [0.3, 0.4) is 0 Å². The molecule has 0 fully saturated rings. The first kappa shape index (κ1) is 20.4. The van der Waals surface area contributed by atoms with E-state index in [2.05, 4.69) is 26.1 Å². The molecule has 3 aromatic rings. The second kappa shape index (κ2) is 7.42. The van der Waals surface area contributed by atoms with E-state index < -0.39 is 5.91 Å². The molecule has 0 bridgehead atoms. The molecule has 2 amide bonds. The van der Waals surface area contributed by atoms with Crippen molar-refractivity contribution in [1.82, 2.24) is 0 Å². The summed E-state index contributed by atoms with van der Waals surface area (Å²) >= 11 is 9.28. The van der Waals surface area contributed by atoms with Gasteiger partial charge in [0.1, 0.15) is 9.88 Å². The summed E-state index contributed by atoms with van der Waals surface area (Å²) in [6.45, 7) is 6.74. The molecule has 0 saturated heterocycles. The van der Waals surface area contributed by atoms with Crippen LogP contribution in [0, 0.1) is 11.3 Å². The van der Waals surface area contributed by atoms with Gasteiger partial charge in [-0.2, -0.15) is 0 Å². The summed E-state index contributed by atoms with van der Waals surface area (Å²) in [5.74, 6) is -0.255. The maximum absolute atomic E-state index is 13.0. The van der Waals surface area contributed by atoms with Crippen LogP contribution in [0.2, 0.25) is 5.02 Å². The van der Waals surface area contributed by atoms with Gasteiger partial charge in [0.2, 0.25) is 0 Å². The average molecular weight is 447 g/mol. The van der Waals surface area contributed by atoms with Crippen LogP contribution in [0.1, 0.15) is 57.7 Å². The van der Waals surface area contributed by atoms with Crippen LogP contribution in [0.25, 0.3) is 10.1 Å². The zero-order chi connectivity index (χ0) is 20.9. The number of fused-ring (bicyclic) bond motifs is 2. The summed E-state index contributed by atoms with van der Waals surface area (Å²) in [5.41, 5.74) is 7.36. The van der Waals surface area contributed by atoms with Crippen LogP contribution in [0.5, 0.6) is 0 Å². The molecule has 1 aliphatic rings. The van der Waals surface area contributed by atoms with Gasteiger partial charge >= 0.3 is 0 Å². The Morgan fingerprint density at radius 3 is 2.59 bits per heavy atom. The van der Waals surface area contributed by atoms with Gasteiger partial charge in [0.15, 0.2) is 0 Å². The van der Waals surface area contributed by atoms with E-state index in [0.29, 0.717) is 26.4 Å². The van der Waals surface area contributed by atoms with Gasteiger partial charge in [-0.25, -0.2) is 0 Å². The van der Waals surface area contributed by atoms with E-state index in [4.69, 9.17) is 17.3 Å². The molecule has 0 radical (unpaired) electrons. The Morgan fingerprint density at radius 2 is 1.93 bits per heavy atom. The lowest BCUT2D eigenvalue weighted by Crippen LogP contribution is -2.27. The third-order valence-electron chi connectivity index (χ3n) is 5.70. The molecule has 4 rings (SSSR count). The molecule has 4 nitrogen and oxygen atoms in total. The summed E-state index contributed by atoms with van der Waals surface area (Å²) in [4.78, 5) is 26.8. The Balaban J connectivity index is 1.68. The predicted molar refractivity (Wildman–Crippen MR) is 123 cm³/mol. The fraction of sp³-hybridized carbons (Fsp3) is 0.364. The second-order valence-electron chi connectivity index (χ2n) is 8.57. The van der Waals surface area contributed by atoms with Gasteiger partial charge in [0, 0.05) is 15.0 Å². The third kappa shape index (κ3) is 3.69. The minimum atomic E-state index is -0.491. The van der Waals surface area contributed by atoms with Crippen LogP contribution < -0.4 is 11.1 Å². The van der Waals surface area contributed by atoms with E-state index in [9.17, 15) is 9.59 Å². The molecule has 0 unspecified atom stereocenters. The number of hydrogen-bond donors (Lipinski definition) is 2. The van der Waals surface area contributed by atoms with Gasteiger partial charge in [-0.05, 0) is 42.2 Å². The molecule has 3 N–H and O–H groups in total. The van der Waals surface area contributed by atoms with Gasteiger partial charge in [-0.3, -0.25) is 9.59 Å². The number of nitrogens with two attached hydrogens (primary N) is 1. The van der Waals surface area contributed by atoms with Gasteiger partial charge in [0.05, 0.1) is 10.6 Å². The zero-order valence-electron chi connectivity index (χ0n) is 16.6. The molecule has 1 aliphatic carbocycles. The summed E-state index contributed by atoms with van der Waals surface area (Å²) in [6.07, 6.45) is 2.73. The van der Waals surface area contributed by atoms with Crippen molar-refractivity contribution >= 4 is 61.2 Å². The zero-order valence-corrected chi connectivity index (χ0v) is 19.0. The Hall–Kier alpha value is -1.89. The fourth-order valence-corrected chi connectivity index (χ4v) is 6.73. The Morgan fingerprint density at radius 1 is 1.21 bits per heavy atom. The van der Waals surface area contributed by atoms with Crippen molar-refractivity contribution in [3.8, 4) is 0 Å². The lowest BCUT2D eigenvalue weighted by atomic mass is 9.72. The van der Waals surface area contributed by atoms with E-state index in [1.165, 1.54) is 22.7 Å². The largest absolute Gasteiger partial charge is 0.365 e. The molecule has 0 spiro atoms. The van der Waals surface area contributed by atoms with Crippen LogP contribution >= 0.6 is 34.3 Å². The van der Waals surface area contributed by atoms with Crippen LogP contribution in [0.4, 0.5) is 5.00 Å². The maximum atomic E-state index is 13.0. The molecule has 29 heavy (non-hydrogen) atoms. The van der Waals surface area contributed by atoms with Crippen molar-refractivity contribution in [3.05, 3.63) is 50.2 Å². The number of thiophene rings is 2. The number of anilines is 1. The quantitative estimate of drug-likeness (QED) is 0.508. The number of nitrogens with one attached hydrogen (secondary N) is 1. The highest BCUT2D eigenvalue weighted by Gasteiger charge is 2.33. The Labute approximate surface area is 183 Å². The molecule has 2 aromatic heterocycles. The number of hydrogen-bond acceptors (Lipinski definition) is 4. The van der Waals surface area contributed by atoms with Crippen molar-refractivity contribution in [2.24, 2.45) is 17.1 Å². The minimum Gasteiger partial charge on any atom is -0.365 e. The Kier molecular flexibility index (Phi) is 5.21. The topological polar surface area (TPSA) is 72.2 Å². The summed E-state index contributed by atoms with van der Waals surface area (Å²) in [5, 5.41) is 4.76. The highest BCUT2D eigenvalue weighted by molar-refractivity contribution is 7.22. The summed E-state index contributed by atoms with van der Waals surface area (Å²) in [7, 11) is 0. The molecular weight excluding hydrogens is 424 g/mol. The van der Waals surface area contributed by atoms with Crippen LogP contribution in [0.15, 0.2) is 24.3 Å². The second-order valence-corrected chi connectivity index (χ2v) is 11.1. The number of carbonyl (C=O) groups is 2. The molecule has 0 aliphatic heterocycles. The van der Waals surface area contributed by atoms with Crippen LogP contribution in [-0.4, -0.2) is 11.8 Å². The highest BCUT2D eigenvalue weighted by atomic mass is 35.5. The first-order valence-corrected chi connectivity index (χ1v) is 11.6. The number of halogens is 1. The standard InChI is InChI=1S/C22H23ClN2O2S2/c1-22(2,3)11-8-9-12-15(10-11)29-21(16(12)19(24)26)25-20(27)18-17(23)13-6-4-5-7-14(13)28-18/h4-7,11H,8-10H2,1-3H3,(H2,24,26)(H,25,27)/t11-/m0/s1. The molecular formula is C22H23ClN2O2S2. The lowest BCUT2D eigenvalue weighted by molar-refractivity contribution is 0.1000. The normalized spacial score (nSPS) is 16.6. The monoisotopic (exact) mass is 446 g/mol. The number of rotatable bonds is 3. The van der Waals surface area contributed by atoms with E-state index in [0.717, 1.165) is 39.8 Å². The van der Waals surface area contributed by atoms with Gasteiger partial charge in [-0.1, -0.05) is 50.6 Å². The molecule has 152 valence electrons.